The van der Waals surface area contributed by atoms with Crippen molar-refractivity contribution < 1.29 is 19.4 Å². The molecule has 0 aromatic heterocycles. The highest BCUT2D eigenvalue weighted by Crippen LogP contribution is 1.84. The standard InChI is InChI=1S/C4H10O2.C4H8O2.C2H7P.CH2Cl2/c2*1-6-4-2-3-5;1-3-2;2-1-3/h5H,2-4H2,1H3;3H,2,4H2,1H3;3H,1-2H3;1H2. The van der Waals surface area contributed by atoms with Crippen LogP contribution >= 0.6 is 31.8 Å². The number of carbonyl (C=O) groups is 1. The number of hydrogen-bond acceptors (Lipinski definition) is 4. The molecule has 0 aliphatic rings. The van der Waals surface area contributed by atoms with E-state index in [2.05, 4.69) is 22.8 Å². The van der Waals surface area contributed by atoms with Gasteiger partial charge >= 0.3 is 0 Å². The van der Waals surface area contributed by atoms with E-state index in [0.29, 0.717) is 19.6 Å². The minimum atomic E-state index is 0.194. The molecule has 18 heavy (non-hydrogen) atoms. The van der Waals surface area contributed by atoms with Crippen LogP contribution in [0, 0.1) is 0 Å². The average Bonchev–Trinajstić information content (AvgIpc) is 2.36. The molecule has 0 saturated carbocycles. The van der Waals surface area contributed by atoms with Gasteiger partial charge in [0.05, 0.1) is 11.9 Å². The lowest BCUT2D eigenvalue weighted by Gasteiger charge is -1.89. The molecule has 0 radical (unpaired) electrons. The zero-order valence-corrected chi connectivity index (χ0v) is 14.3. The summed E-state index contributed by atoms with van der Waals surface area (Å²) >= 11 is 9.53. The molecule has 0 atom stereocenters. The minimum Gasteiger partial charge on any atom is -0.396 e. The van der Waals surface area contributed by atoms with E-state index in [4.69, 9.17) is 28.3 Å². The van der Waals surface area contributed by atoms with E-state index < -0.39 is 0 Å². The van der Waals surface area contributed by atoms with Gasteiger partial charge in [-0.25, -0.2) is 0 Å². The fourth-order valence-corrected chi connectivity index (χ4v) is 0.375. The Hall–Kier alpha value is 0.560. The normalized spacial score (nSPS) is 7.72. The number of carbonyl (C=O) groups excluding carboxylic acids is 1. The molecular formula is C11H27Cl2O4P. The fourth-order valence-electron chi connectivity index (χ4n) is 0.375. The lowest BCUT2D eigenvalue weighted by Crippen LogP contribution is -1.90. The highest BCUT2D eigenvalue weighted by Gasteiger charge is 1.75. The molecule has 1 N–H and O–H groups in total. The number of ether oxygens (including phenoxy) is 2. The maximum Gasteiger partial charge on any atom is 0.122 e. The van der Waals surface area contributed by atoms with Gasteiger partial charge in [0.1, 0.15) is 6.29 Å². The summed E-state index contributed by atoms with van der Waals surface area (Å²) in [5.41, 5.74) is 0. The first-order chi connectivity index (χ1) is 8.66. The first-order valence-corrected chi connectivity index (χ1v) is 8.46. The summed E-state index contributed by atoms with van der Waals surface area (Å²) in [5, 5.41) is 8.31. The molecule has 0 aliphatic heterocycles. The molecule has 0 heterocycles. The highest BCUT2D eigenvalue weighted by atomic mass is 35.5. The largest absolute Gasteiger partial charge is 0.396 e. The fraction of sp³-hybridized carbons (Fsp3) is 0.909. The van der Waals surface area contributed by atoms with Gasteiger partial charge in [-0.3, -0.25) is 0 Å². The minimum absolute atomic E-state index is 0.194. The van der Waals surface area contributed by atoms with Crippen molar-refractivity contribution in [2.75, 3.05) is 52.7 Å². The van der Waals surface area contributed by atoms with Crippen molar-refractivity contribution in [3.05, 3.63) is 0 Å². The molecule has 0 aliphatic carbocycles. The van der Waals surface area contributed by atoms with Crippen molar-refractivity contribution in [3.63, 3.8) is 0 Å². The SMILES string of the molecule is COCCC=O.COCCCO.CPC.ClCCl. The molecule has 0 fully saturated rings. The van der Waals surface area contributed by atoms with Gasteiger partial charge in [0, 0.05) is 33.9 Å². The van der Waals surface area contributed by atoms with Crippen molar-refractivity contribution >= 4 is 38.1 Å². The van der Waals surface area contributed by atoms with E-state index >= 15 is 0 Å². The first-order valence-electron chi connectivity index (χ1n) is 5.39. The molecule has 0 amide bonds. The van der Waals surface area contributed by atoms with E-state index in [1.165, 1.54) is 0 Å². The van der Waals surface area contributed by atoms with Crippen molar-refractivity contribution in [2.45, 2.75) is 12.8 Å². The Morgan fingerprint density at radius 1 is 1.17 bits per heavy atom. The Morgan fingerprint density at radius 2 is 1.56 bits per heavy atom. The van der Waals surface area contributed by atoms with Crippen LogP contribution in [0.25, 0.3) is 0 Å². The Kier molecular flexibility index (Phi) is 64.8. The molecule has 0 saturated heterocycles. The number of aliphatic hydroxyl groups excluding tert-OH is 1. The lowest BCUT2D eigenvalue weighted by atomic mass is 10.5. The van der Waals surface area contributed by atoms with Crippen LogP contribution in [0.15, 0.2) is 0 Å². The number of alkyl halides is 2. The van der Waals surface area contributed by atoms with E-state index in [0.717, 1.165) is 21.3 Å². The number of aliphatic hydroxyl groups is 1. The first kappa shape index (κ1) is 27.0. The van der Waals surface area contributed by atoms with Crippen molar-refractivity contribution in [3.8, 4) is 0 Å². The molecule has 0 unspecified atom stereocenters. The molecule has 114 valence electrons. The zero-order chi connectivity index (χ0) is 15.1. The topological polar surface area (TPSA) is 55.8 Å². The number of halogens is 2. The van der Waals surface area contributed by atoms with E-state index in [9.17, 15) is 4.79 Å². The third-order valence-electron chi connectivity index (χ3n) is 0.946. The van der Waals surface area contributed by atoms with E-state index in [1.54, 1.807) is 14.2 Å². The van der Waals surface area contributed by atoms with Gasteiger partial charge in [0.15, 0.2) is 0 Å². The Labute approximate surface area is 123 Å². The maximum absolute atomic E-state index is 9.48. The van der Waals surface area contributed by atoms with Gasteiger partial charge in [-0.15, -0.1) is 31.8 Å². The van der Waals surface area contributed by atoms with E-state index in [1.807, 2.05) is 0 Å². The van der Waals surface area contributed by atoms with Gasteiger partial charge in [-0.05, 0) is 19.8 Å². The monoisotopic (exact) mass is 324 g/mol. The summed E-state index contributed by atoms with van der Waals surface area (Å²) in [6, 6.07) is 0. The zero-order valence-electron chi connectivity index (χ0n) is 11.7. The molecule has 0 rings (SSSR count). The summed E-state index contributed by atoms with van der Waals surface area (Å²) in [5.74, 6) is 0. The summed E-state index contributed by atoms with van der Waals surface area (Å²) in [7, 11) is 4.28. The second-order valence-electron chi connectivity index (χ2n) is 2.62. The predicted octanol–water partition coefficient (Wildman–Crippen LogP) is 2.58. The smallest absolute Gasteiger partial charge is 0.122 e. The van der Waals surface area contributed by atoms with E-state index in [-0.39, 0.29) is 11.9 Å². The molecule has 0 spiro atoms. The van der Waals surface area contributed by atoms with Crippen LogP contribution in [-0.4, -0.2) is 64.1 Å². The molecular weight excluding hydrogens is 298 g/mol. The van der Waals surface area contributed by atoms with Gasteiger partial charge < -0.3 is 19.4 Å². The summed E-state index contributed by atoms with van der Waals surface area (Å²) in [6.07, 6.45) is 2.09. The molecule has 0 aromatic rings. The molecule has 0 bridgehead atoms. The lowest BCUT2D eigenvalue weighted by molar-refractivity contribution is -0.108. The van der Waals surface area contributed by atoms with Crippen LogP contribution in [0.1, 0.15) is 12.8 Å². The second kappa shape index (κ2) is 43.2. The second-order valence-corrected chi connectivity index (χ2v) is 4.43. The number of rotatable bonds is 6. The number of aldehydes is 1. The Bertz CT molecular complexity index is 105. The third kappa shape index (κ3) is 93.2. The van der Waals surface area contributed by atoms with Crippen molar-refractivity contribution in [2.24, 2.45) is 0 Å². The third-order valence-corrected chi connectivity index (χ3v) is 0.946. The quantitative estimate of drug-likeness (QED) is 0.353. The van der Waals surface area contributed by atoms with Crippen LogP contribution in [0.3, 0.4) is 0 Å². The van der Waals surface area contributed by atoms with Gasteiger partial charge in [0.2, 0.25) is 0 Å². The summed E-state index contributed by atoms with van der Waals surface area (Å²) in [6.45, 7) is 5.74. The van der Waals surface area contributed by atoms with Crippen LogP contribution < -0.4 is 0 Å². The highest BCUT2D eigenvalue weighted by molar-refractivity contribution is 7.35. The molecule has 0 aromatic carbocycles. The summed E-state index contributed by atoms with van der Waals surface area (Å²) < 4.78 is 9.17. The van der Waals surface area contributed by atoms with Crippen LogP contribution in [0.2, 0.25) is 0 Å². The Balaban J connectivity index is -0.0000000770. The maximum atomic E-state index is 9.48. The van der Waals surface area contributed by atoms with Gasteiger partial charge in [0.25, 0.3) is 0 Å². The number of hydrogen-bond donors (Lipinski definition) is 1. The predicted molar refractivity (Wildman–Crippen MR) is 82.9 cm³/mol. The van der Waals surface area contributed by atoms with Crippen molar-refractivity contribution in [1.29, 1.82) is 0 Å². The number of methoxy groups -OCH3 is 2. The van der Waals surface area contributed by atoms with Crippen LogP contribution in [-0.2, 0) is 14.3 Å². The summed E-state index contributed by atoms with van der Waals surface area (Å²) in [4.78, 5) is 9.48. The Morgan fingerprint density at radius 3 is 1.67 bits per heavy atom. The molecule has 7 heteroatoms. The van der Waals surface area contributed by atoms with Crippen LogP contribution in [0.4, 0.5) is 0 Å². The van der Waals surface area contributed by atoms with Gasteiger partial charge in [-0.1, -0.05) is 0 Å². The average molecular weight is 325 g/mol. The van der Waals surface area contributed by atoms with Crippen LogP contribution in [0.5, 0.6) is 0 Å². The van der Waals surface area contributed by atoms with Gasteiger partial charge in [-0.2, -0.15) is 0 Å². The molecule has 4 nitrogen and oxygen atoms in total. The van der Waals surface area contributed by atoms with Crippen molar-refractivity contribution in [1.82, 2.24) is 0 Å².